The Morgan fingerprint density at radius 3 is 2.85 bits per heavy atom. The summed E-state index contributed by atoms with van der Waals surface area (Å²) in [6, 6.07) is 11.3. The quantitative estimate of drug-likeness (QED) is 0.836. The van der Waals surface area contributed by atoms with E-state index >= 15 is 0 Å². The van der Waals surface area contributed by atoms with Gasteiger partial charge in [-0.05, 0) is 36.3 Å². The molecule has 0 aliphatic carbocycles. The van der Waals surface area contributed by atoms with Crippen LogP contribution in [0.2, 0.25) is 0 Å². The number of nitrogens with zero attached hydrogens (tertiary/aromatic N) is 1. The van der Waals surface area contributed by atoms with Crippen LogP contribution in [0.25, 0.3) is 11.6 Å². The third-order valence-electron chi connectivity index (χ3n) is 3.27. The van der Waals surface area contributed by atoms with Crippen molar-refractivity contribution in [1.29, 1.82) is 0 Å². The maximum Gasteiger partial charge on any atom is 0.256 e. The number of carbonyl (C=O) groups is 1. The van der Waals surface area contributed by atoms with E-state index in [-0.39, 0.29) is 12.5 Å². The molecule has 1 aromatic carbocycles. The Morgan fingerprint density at radius 2 is 2.10 bits per heavy atom. The molecule has 100 valence electrons. The molecule has 0 bridgehead atoms. The van der Waals surface area contributed by atoms with Gasteiger partial charge in [-0.1, -0.05) is 18.2 Å². The minimum Gasteiger partial charge on any atom is -0.396 e. The van der Waals surface area contributed by atoms with Crippen molar-refractivity contribution in [3.8, 4) is 0 Å². The molecule has 0 saturated heterocycles. The number of aromatic nitrogens is 1. The number of fused-ring (bicyclic) bond motifs is 1. The highest BCUT2D eigenvalue weighted by Gasteiger charge is 2.26. The molecule has 1 aliphatic heterocycles. The van der Waals surface area contributed by atoms with Crippen LogP contribution in [0.5, 0.6) is 0 Å². The van der Waals surface area contributed by atoms with Crippen LogP contribution in [-0.2, 0) is 11.2 Å². The molecule has 1 aromatic heterocycles. The predicted octanol–water partition coefficient (Wildman–Crippen LogP) is 2.11. The SMILES string of the molecule is O=C1Nc2cccc(CCO)c2/C1=C/c1ccccn1. The normalized spacial score (nSPS) is 15.2. The summed E-state index contributed by atoms with van der Waals surface area (Å²) in [7, 11) is 0. The predicted molar refractivity (Wildman–Crippen MR) is 78.0 cm³/mol. The molecule has 0 fully saturated rings. The zero-order valence-corrected chi connectivity index (χ0v) is 10.8. The average molecular weight is 266 g/mol. The first-order valence-corrected chi connectivity index (χ1v) is 6.47. The topological polar surface area (TPSA) is 62.2 Å². The monoisotopic (exact) mass is 266 g/mol. The fraction of sp³-hybridized carbons (Fsp3) is 0.125. The number of hydrogen-bond donors (Lipinski definition) is 2. The number of benzene rings is 1. The van der Waals surface area contributed by atoms with E-state index in [4.69, 9.17) is 5.11 Å². The Morgan fingerprint density at radius 1 is 1.20 bits per heavy atom. The van der Waals surface area contributed by atoms with E-state index in [1.165, 1.54) is 0 Å². The lowest BCUT2D eigenvalue weighted by molar-refractivity contribution is -0.110. The Bertz CT molecular complexity index is 678. The third kappa shape index (κ3) is 2.21. The van der Waals surface area contributed by atoms with Crippen molar-refractivity contribution in [2.45, 2.75) is 6.42 Å². The number of amides is 1. The average Bonchev–Trinajstić information content (AvgIpc) is 2.78. The zero-order valence-electron chi connectivity index (χ0n) is 10.8. The van der Waals surface area contributed by atoms with Crippen molar-refractivity contribution in [3.63, 3.8) is 0 Å². The first kappa shape index (κ1) is 12.6. The van der Waals surface area contributed by atoms with Crippen molar-refractivity contribution < 1.29 is 9.90 Å². The number of nitrogens with one attached hydrogen (secondary N) is 1. The van der Waals surface area contributed by atoms with Gasteiger partial charge in [-0.25, -0.2) is 0 Å². The van der Waals surface area contributed by atoms with Crippen LogP contribution < -0.4 is 5.32 Å². The van der Waals surface area contributed by atoms with E-state index in [0.717, 1.165) is 22.5 Å². The molecule has 0 saturated carbocycles. The van der Waals surface area contributed by atoms with Crippen molar-refractivity contribution in [2.24, 2.45) is 0 Å². The van der Waals surface area contributed by atoms with Crippen LogP contribution in [-0.4, -0.2) is 22.6 Å². The Labute approximate surface area is 116 Å². The number of aliphatic hydroxyl groups excluding tert-OH is 1. The summed E-state index contributed by atoms with van der Waals surface area (Å²) in [4.78, 5) is 16.3. The molecule has 4 heteroatoms. The van der Waals surface area contributed by atoms with E-state index in [9.17, 15) is 4.79 Å². The summed E-state index contributed by atoms with van der Waals surface area (Å²) in [6.45, 7) is 0.0571. The number of pyridine rings is 1. The number of aliphatic hydroxyl groups is 1. The van der Waals surface area contributed by atoms with Gasteiger partial charge in [0.05, 0.1) is 11.3 Å². The maximum atomic E-state index is 12.1. The minimum absolute atomic E-state index is 0.0571. The summed E-state index contributed by atoms with van der Waals surface area (Å²) in [5.41, 5.74) is 3.97. The van der Waals surface area contributed by atoms with Gasteiger partial charge in [0.15, 0.2) is 0 Å². The van der Waals surface area contributed by atoms with E-state index < -0.39 is 0 Å². The highest BCUT2D eigenvalue weighted by molar-refractivity contribution is 6.35. The van der Waals surface area contributed by atoms with E-state index in [1.54, 1.807) is 12.3 Å². The lowest BCUT2D eigenvalue weighted by Crippen LogP contribution is -2.03. The van der Waals surface area contributed by atoms with Gasteiger partial charge in [-0.15, -0.1) is 0 Å². The molecule has 3 rings (SSSR count). The largest absolute Gasteiger partial charge is 0.396 e. The fourth-order valence-electron chi connectivity index (χ4n) is 2.40. The van der Waals surface area contributed by atoms with E-state index in [2.05, 4.69) is 10.3 Å². The van der Waals surface area contributed by atoms with Crippen molar-refractivity contribution in [3.05, 3.63) is 59.4 Å². The third-order valence-corrected chi connectivity index (χ3v) is 3.27. The van der Waals surface area contributed by atoms with Crippen LogP contribution >= 0.6 is 0 Å². The molecule has 2 aromatic rings. The molecule has 0 spiro atoms. The summed E-state index contributed by atoms with van der Waals surface area (Å²) < 4.78 is 0. The first-order chi connectivity index (χ1) is 9.79. The van der Waals surface area contributed by atoms with Crippen molar-refractivity contribution in [2.75, 3.05) is 11.9 Å². The molecule has 0 radical (unpaired) electrons. The molecule has 4 nitrogen and oxygen atoms in total. The summed E-state index contributed by atoms with van der Waals surface area (Å²) in [5, 5.41) is 12.0. The second kappa shape index (κ2) is 5.27. The van der Waals surface area contributed by atoms with Crippen molar-refractivity contribution >= 4 is 23.2 Å². The number of anilines is 1. The fourth-order valence-corrected chi connectivity index (χ4v) is 2.40. The van der Waals surface area contributed by atoms with Gasteiger partial charge < -0.3 is 10.4 Å². The Hall–Kier alpha value is -2.46. The van der Waals surface area contributed by atoms with Crippen LogP contribution in [0.15, 0.2) is 42.6 Å². The van der Waals surface area contributed by atoms with Gasteiger partial charge in [0.1, 0.15) is 0 Å². The van der Waals surface area contributed by atoms with Crippen LogP contribution in [0.1, 0.15) is 16.8 Å². The molecule has 20 heavy (non-hydrogen) atoms. The van der Waals surface area contributed by atoms with Gasteiger partial charge in [-0.2, -0.15) is 0 Å². The molecule has 0 atom stereocenters. The maximum absolute atomic E-state index is 12.1. The van der Waals surface area contributed by atoms with Gasteiger partial charge in [0.2, 0.25) is 0 Å². The van der Waals surface area contributed by atoms with Crippen LogP contribution in [0.4, 0.5) is 5.69 Å². The highest BCUT2D eigenvalue weighted by atomic mass is 16.3. The molecular formula is C16H14N2O2. The molecule has 1 amide bonds. The van der Waals surface area contributed by atoms with Crippen LogP contribution in [0.3, 0.4) is 0 Å². The van der Waals surface area contributed by atoms with Gasteiger partial charge >= 0.3 is 0 Å². The summed E-state index contributed by atoms with van der Waals surface area (Å²) in [6.07, 6.45) is 4.00. The van der Waals surface area contributed by atoms with E-state index in [1.807, 2.05) is 36.4 Å². The molecular weight excluding hydrogens is 252 g/mol. The summed E-state index contributed by atoms with van der Waals surface area (Å²) in [5.74, 6) is -0.129. The molecule has 2 N–H and O–H groups in total. The van der Waals surface area contributed by atoms with Crippen molar-refractivity contribution in [1.82, 2.24) is 4.98 Å². The number of hydrogen-bond acceptors (Lipinski definition) is 3. The summed E-state index contributed by atoms with van der Waals surface area (Å²) >= 11 is 0. The number of rotatable bonds is 3. The first-order valence-electron chi connectivity index (χ1n) is 6.47. The van der Waals surface area contributed by atoms with Gasteiger partial charge in [0, 0.05) is 24.1 Å². The second-order valence-electron chi connectivity index (χ2n) is 4.58. The zero-order chi connectivity index (χ0) is 13.9. The standard InChI is InChI=1S/C16H14N2O2/c19-9-7-11-4-3-6-14-15(11)13(16(20)18-14)10-12-5-1-2-8-17-12/h1-6,8,10,19H,7,9H2,(H,18,20)/b13-10-. The van der Waals surface area contributed by atoms with Gasteiger partial charge in [-0.3, -0.25) is 9.78 Å². The molecule has 1 aliphatic rings. The lowest BCUT2D eigenvalue weighted by atomic mass is 9.97. The minimum atomic E-state index is -0.129. The van der Waals surface area contributed by atoms with Crippen LogP contribution in [0, 0.1) is 0 Å². The van der Waals surface area contributed by atoms with E-state index in [0.29, 0.717) is 12.0 Å². The second-order valence-corrected chi connectivity index (χ2v) is 4.58. The lowest BCUT2D eigenvalue weighted by Gasteiger charge is -2.06. The highest BCUT2D eigenvalue weighted by Crippen LogP contribution is 2.35. The number of carbonyl (C=O) groups excluding carboxylic acids is 1. The molecule has 0 unspecified atom stereocenters. The van der Waals surface area contributed by atoms with Gasteiger partial charge in [0.25, 0.3) is 5.91 Å². The Balaban J connectivity index is 2.11. The smallest absolute Gasteiger partial charge is 0.256 e. The molecule has 2 heterocycles. The Kier molecular flexibility index (Phi) is 3.31.